The maximum atomic E-state index is 10.8. The highest BCUT2D eigenvalue weighted by Crippen LogP contribution is 2.08. The highest BCUT2D eigenvalue weighted by atomic mass is 32.1. The molecular formula is C13H22N2O3S. The highest BCUT2D eigenvalue weighted by molar-refractivity contribution is 7.10. The van der Waals surface area contributed by atoms with Gasteiger partial charge in [-0.1, -0.05) is 6.07 Å². The second kappa shape index (κ2) is 8.53. The Morgan fingerprint density at radius 1 is 1.26 bits per heavy atom. The van der Waals surface area contributed by atoms with Crippen molar-refractivity contribution in [3.8, 4) is 0 Å². The molecule has 1 rings (SSSR count). The van der Waals surface area contributed by atoms with E-state index in [-0.39, 0.29) is 17.6 Å². The lowest BCUT2D eigenvalue weighted by Crippen LogP contribution is -2.30. The summed E-state index contributed by atoms with van der Waals surface area (Å²) in [6, 6.07) is 3.91. The maximum Gasteiger partial charge on any atom is 0.407 e. The third-order valence-electron chi connectivity index (χ3n) is 1.80. The number of hydrogen-bond donors (Lipinski definition) is 2. The van der Waals surface area contributed by atoms with Gasteiger partial charge in [0.2, 0.25) is 5.91 Å². The molecule has 0 spiro atoms. The Balaban J connectivity index is 0.000000344. The van der Waals surface area contributed by atoms with Crippen LogP contribution in [-0.2, 0) is 16.0 Å². The minimum atomic E-state index is -0.389. The van der Waals surface area contributed by atoms with E-state index in [2.05, 4.69) is 10.6 Å². The number of carbonyl (C=O) groups excluding carboxylic acids is 2. The summed E-state index contributed by atoms with van der Waals surface area (Å²) >= 11 is 1.61. The number of thiophene rings is 1. The lowest BCUT2D eigenvalue weighted by Gasteiger charge is -2.18. The van der Waals surface area contributed by atoms with Gasteiger partial charge in [-0.05, 0) is 32.2 Å². The van der Waals surface area contributed by atoms with Crippen molar-refractivity contribution < 1.29 is 14.3 Å². The predicted octanol–water partition coefficient (Wildman–Crippen LogP) is 2.18. The minimum Gasteiger partial charge on any atom is -0.444 e. The third kappa shape index (κ3) is 10.1. The first kappa shape index (κ1) is 17.4. The van der Waals surface area contributed by atoms with Crippen LogP contribution in [0.3, 0.4) is 0 Å². The number of likely N-dealkylation sites (N-methyl/N-ethyl adjacent to an activating group) is 1. The first-order chi connectivity index (χ1) is 8.78. The Hall–Kier alpha value is -1.56. The summed E-state index contributed by atoms with van der Waals surface area (Å²) in [7, 11) is 3.18. The molecule has 0 saturated carbocycles. The van der Waals surface area contributed by atoms with Gasteiger partial charge in [0, 0.05) is 19.0 Å². The smallest absolute Gasteiger partial charge is 0.407 e. The Morgan fingerprint density at radius 3 is 2.21 bits per heavy atom. The van der Waals surface area contributed by atoms with E-state index >= 15 is 0 Å². The fraction of sp³-hybridized carbons (Fsp3) is 0.538. The fourth-order valence-electron chi connectivity index (χ4n) is 0.989. The van der Waals surface area contributed by atoms with Crippen LogP contribution in [0, 0.1) is 0 Å². The molecule has 1 heterocycles. The number of rotatable bonds is 2. The van der Waals surface area contributed by atoms with Gasteiger partial charge < -0.3 is 15.4 Å². The van der Waals surface area contributed by atoms with E-state index < -0.39 is 0 Å². The molecule has 0 atom stereocenters. The molecule has 0 aliphatic rings. The van der Waals surface area contributed by atoms with Crippen LogP contribution in [0.25, 0.3) is 0 Å². The third-order valence-corrected chi connectivity index (χ3v) is 2.67. The molecule has 19 heavy (non-hydrogen) atoms. The average Bonchev–Trinajstić information content (AvgIpc) is 2.80. The van der Waals surface area contributed by atoms with Gasteiger partial charge in [-0.2, -0.15) is 0 Å². The summed E-state index contributed by atoms with van der Waals surface area (Å²) in [6.07, 6.45) is 0.122. The van der Waals surface area contributed by atoms with Gasteiger partial charge in [-0.15, -0.1) is 11.3 Å². The van der Waals surface area contributed by atoms with Crippen molar-refractivity contribution in [2.75, 3.05) is 14.1 Å². The fourth-order valence-corrected chi connectivity index (χ4v) is 1.69. The summed E-state index contributed by atoms with van der Waals surface area (Å²) in [6.45, 7) is 5.46. The van der Waals surface area contributed by atoms with Crippen LogP contribution in [0.4, 0.5) is 4.79 Å². The Morgan fingerprint density at radius 2 is 1.89 bits per heavy atom. The van der Waals surface area contributed by atoms with E-state index in [0.717, 1.165) is 4.88 Å². The van der Waals surface area contributed by atoms with Gasteiger partial charge in [0.05, 0.1) is 6.42 Å². The Labute approximate surface area is 118 Å². The van der Waals surface area contributed by atoms with E-state index in [1.165, 1.54) is 7.05 Å². The zero-order chi connectivity index (χ0) is 14.9. The number of carbonyl (C=O) groups is 2. The monoisotopic (exact) mass is 286 g/mol. The van der Waals surface area contributed by atoms with Gasteiger partial charge in [-0.25, -0.2) is 4.79 Å². The van der Waals surface area contributed by atoms with Crippen molar-refractivity contribution in [1.29, 1.82) is 0 Å². The maximum absolute atomic E-state index is 10.8. The van der Waals surface area contributed by atoms with Crippen molar-refractivity contribution in [3.63, 3.8) is 0 Å². The first-order valence-electron chi connectivity index (χ1n) is 5.92. The molecule has 0 unspecified atom stereocenters. The number of nitrogens with one attached hydrogen (secondary N) is 2. The first-order valence-corrected chi connectivity index (χ1v) is 6.80. The average molecular weight is 286 g/mol. The van der Waals surface area contributed by atoms with Crippen molar-refractivity contribution in [1.82, 2.24) is 10.6 Å². The van der Waals surface area contributed by atoms with Gasteiger partial charge in [0.25, 0.3) is 0 Å². The highest BCUT2D eigenvalue weighted by Gasteiger charge is 2.13. The van der Waals surface area contributed by atoms with E-state index in [1.807, 2.05) is 38.3 Å². The molecule has 1 aromatic heterocycles. The topological polar surface area (TPSA) is 67.4 Å². The van der Waals surface area contributed by atoms with Gasteiger partial charge in [-0.3, -0.25) is 4.79 Å². The van der Waals surface area contributed by atoms with Crippen molar-refractivity contribution >= 4 is 23.3 Å². The molecule has 2 amide bonds. The lowest BCUT2D eigenvalue weighted by atomic mass is 10.2. The predicted molar refractivity (Wildman–Crippen MR) is 77.4 cm³/mol. The van der Waals surface area contributed by atoms with Crippen LogP contribution in [0.1, 0.15) is 25.6 Å². The zero-order valence-electron chi connectivity index (χ0n) is 12.1. The van der Waals surface area contributed by atoms with E-state index in [4.69, 9.17) is 4.74 Å². The Kier molecular flexibility index (Phi) is 7.83. The Bertz CT molecular complexity index is 383. The molecular weight excluding hydrogens is 264 g/mol. The lowest BCUT2D eigenvalue weighted by molar-refractivity contribution is -0.119. The van der Waals surface area contributed by atoms with Gasteiger partial charge in [0.1, 0.15) is 5.60 Å². The van der Waals surface area contributed by atoms with E-state index in [1.54, 1.807) is 18.4 Å². The molecule has 108 valence electrons. The molecule has 6 heteroatoms. The van der Waals surface area contributed by atoms with Crippen molar-refractivity contribution in [2.24, 2.45) is 0 Å². The number of ether oxygens (including phenoxy) is 1. The summed E-state index contributed by atoms with van der Waals surface area (Å²) < 4.78 is 4.84. The van der Waals surface area contributed by atoms with Crippen LogP contribution in [0.15, 0.2) is 17.5 Å². The minimum absolute atomic E-state index is 0.0717. The molecule has 0 bridgehead atoms. The summed E-state index contributed by atoms with van der Waals surface area (Å²) in [5, 5.41) is 6.90. The van der Waals surface area contributed by atoms with Crippen LogP contribution in [0.2, 0.25) is 0 Å². The standard InChI is InChI=1S/C7H9NOS.C6H13NO2/c1-8-7(9)5-6-3-2-4-10-6;1-6(2,3)9-5(8)7-4/h2-4H,5H2,1H3,(H,8,9);1-4H3,(H,7,8). The second-order valence-corrected chi connectivity index (χ2v) is 5.71. The van der Waals surface area contributed by atoms with Crippen molar-refractivity contribution in [3.05, 3.63) is 22.4 Å². The molecule has 0 aliphatic carbocycles. The van der Waals surface area contributed by atoms with Crippen LogP contribution >= 0.6 is 11.3 Å². The van der Waals surface area contributed by atoms with E-state index in [0.29, 0.717) is 6.42 Å². The summed E-state index contributed by atoms with van der Waals surface area (Å²) in [5.41, 5.74) is -0.389. The van der Waals surface area contributed by atoms with Crippen LogP contribution in [-0.4, -0.2) is 31.7 Å². The van der Waals surface area contributed by atoms with Crippen LogP contribution < -0.4 is 10.6 Å². The summed E-state index contributed by atoms with van der Waals surface area (Å²) in [5.74, 6) is 0.0717. The largest absolute Gasteiger partial charge is 0.444 e. The van der Waals surface area contributed by atoms with Gasteiger partial charge >= 0.3 is 6.09 Å². The quantitative estimate of drug-likeness (QED) is 0.875. The van der Waals surface area contributed by atoms with Crippen LogP contribution in [0.5, 0.6) is 0 Å². The summed E-state index contributed by atoms with van der Waals surface area (Å²) in [4.78, 5) is 22.4. The SMILES string of the molecule is CNC(=O)Cc1cccs1.CNC(=O)OC(C)(C)C. The molecule has 0 aliphatic heterocycles. The molecule has 1 aromatic rings. The molecule has 0 aromatic carbocycles. The molecule has 0 saturated heterocycles. The second-order valence-electron chi connectivity index (χ2n) is 4.68. The molecule has 0 fully saturated rings. The molecule has 2 N–H and O–H groups in total. The normalized spacial score (nSPS) is 9.95. The molecule has 5 nitrogen and oxygen atoms in total. The number of hydrogen-bond acceptors (Lipinski definition) is 4. The number of amides is 2. The molecule has 0 radical (unpaired) electrons. The zero-order valence-corrected chi connectivity index (χ0v) is 12.9. The van der Waals surface area contributed by atoms with Gasteiger partial charge in [0.15, 0.2) is 0 Å². The van der Waals surface area contributed by atoms with E-state index in [9.17, 15) is 9.59 Å². The van der Waals surface area contributed by atoms with Crippen molar-refractivity contribution in [2.45, 2.75) is 32.8 Å². The number of alkyl carbamates (subject to hydrolysis) is 1.